The van der Waals surface area contributed by atoms with Crippen LogP contribution in [0, 0.1) is 21.4 Å². The molecule has 0 spiro atoms. The lowest BCUT2D eigenvalue weighted by Gasteiger charge is -2.34. The highest BCUT2D eigenvalue weighted by molar-refractivity contribution is 7.18. The number of carbonyl (C=O) groups excluding carboxylic acids is 1. The first-order valence-corrected chi connectivity index (χ1v) is 10.4. The maximum absolute atomic E-state index is 10.8. The summed E-state index contributed by atoms with van der Waals surface area (Å²) in [6, 6.07) is 8.85. The second kappa shape index (κ2) is 12.2. The Bertz CT molecular complexity index is 940. The zero-order valence-electron chi connectivity index (χ0n) is 16.8. The van der Waals surface area contributed by atoms with Crippen LogP contribution in [0.3, 0.4) is 0 Å². The SMILES string of the molecule is CCCCC(COC(=O)[O-])N(CCC#N)c1ccc(N=Nc2ncc([N+](=O)[O-])s2)cc1. The summed E-state index contributed by atoms with van der Waals surface area (Å²) in [5.74, 6) is 0. The number of thiazole rings is 1. The number of aromatic nitrogens is 1. The maximum Gasteiger partial charge on any atom is 0.345 e. The number of azo groups is 1. The van der Waals surface area contributed by atoms with Crippen molar-refractivity contribution in [1.29, 1.82) is 5.26 Å². The second-order valence-corrected chi connectivity index (χ2v) is 7.40. The zero-order chi connectivity index (χ0) is 22.6. The molecule has 11 nitrogen and oxygen atoms in total. The first-order valence-electron chi connectivity index (χ1n) is 9.54. The summed E-state index contributed by atoms with van der Waals surface area (Å²) >= 11 is 0.820. The van der Waals surface area contributed by atoms with E-state index in [0.29, 0.717) is 18.7 Å². The molecular weight excluding hydrogens is 424 g/mol. The van der Waals surface area contributed by atoms with Crippen molar-refractivity contribution in [3.63, 3.8) is 0 Å². The van der Waals surface area contributed by atoms with E-state index >= 15 is 0 Å². The van der Waals surface area contributed by atoms with E-state index in [-0.39, 0.29) is 29.2 Å². The van der Waals surface area contributed by atoms with E-state index in [2.05, 4.69) is 21.3 Å². The van der Waals surface area contributed by atoms with Gasteiger partial charge >= 0.3 is 5.00 Å². The van der Waals surface area contributed by atoms with Gasteiger partial charge in [0.2, 0.25) is 5.13 Å². The standard InChI is InChI=1S/C19H22N6O5S/c1-2-3-5-16(13-30-19(26)27)24(11-4-10-20)15-8-6-14(7-9-15)22-23-18-21-12-17(31-18)25(28)29/h6-9,12,16H,2-5,11,13H2,1H3,(H,26,27)/p-1. The summed E-state index contributed by atoms with van der Waals surface area (Å²) in [7, 11) is 0. The Kier molecular flexibility index (Phi) is 9.31. The van der Waals surface area contributed by atoms with Gasteiger partial charge in [0.15, 0.2) is 0 Å². The van der Waals surface area contributed by atoms with Crippen molar-refractivity contribution in [2.24, 2.45) is 10.2 Å². The van der Waals surface area contributed by atoms with E-state index in [0.717, 1.165) is 36.1 Å². The molecule has 0 N–H and O–H groups in total. The van der Waals surface area contributed by atoms with Crippen molar-refractivity contribution in [2.75, 3.05) is 18.1 Å². The van der Waals surface area contributed by atoms with Crippen molar-refractivity contribution in [3.8, 4) is 6.07 Å². The Morgan fingerprint density at radius 2 is 2.13 bits per heavy atom. The molecule has 2 rings (SSSR count). The van der Waals surface area contributed by atoms with Gasteiger partial charge < -0.3 is 19.5 Å². The van der Waals surface area contributed by atoms with Crippen LogP contribution in [0.15, 0.2) is 40.7 Å². The lowest BCUT2D eigenvalue weighted by Crippen LogP contribution is -2.41. The molecule has 0 saturated heterocycles. The molecule has 1 unspecified atom stereocenters. The molecule has 0 fully saturated rings. The van der Waals surface area contributed by atoms with Gasteiger partial charge in [-0.2, -0.15) is 5.26 Å². The number of carbonyl (C=O) groups is 1. The summed E-state index contributed by atoms with van der Waals surface area (Å²) in [5.41, 5.74) is 1.29. The number of ether oxygens (including phenoxy) is 1. The topological polar surface area (TPSA) is 157 Å². The van der Waals surface area contributed by atoms with Gasteiger partial charge in [0, 0.05) is 24.9 Å². The molecule has 164 valence electrons. The first kappa shape index (κ1) is 23.7. The van der Waals surface area contributed by atoms with Crippen molar-refractivity contribution < 1.29 is 19.6 Å². The van der Waals surface area contributed by atoms with Crippen LogP contribution in [0.1, 0.15) is 32.6 Å². The Hall–Kier alpha value is -3.59. The van der Waals surface area contributed by atoms with Crippen LogP contribution < -0.4 is 10.0 Å². The third-order valence-electron chi connectivity index (χ3n) is 4.28. The summed E-state index contributed by atoms with van der Waals surface area (Å²) in [6.45, 7) is 2.39. The summed E-state index contributed by atoms with van der Waals surface area (Å²) < 4.78 is 4.71. The summed E-state index contributed by atoms with van der Waals surface area (Å²) in [4.78, 5) is 26.7. The Balaban J connectivity index is 2.17. The fraction of sp³-hybridized carbons (Fsp3) is 0.421. The lowest BCUT2D eigenvalue weighted by atomic mass is 10.1. The predicted molar refractivity (Wildman–Crippen MR) is 112 cm³/mol. The largest absolute Gasteiger partial charge is 0.547 e. The van der Waals surface area contributed by atoms with Gasteiger partial charge in [-0.1, -0.05) is 19.8 Å². The van der Waals surface area contributed by atoms with E-state index in [1.807, 2.05) is 11.8 Å². The predicted octanol–water partition coefficient (Wildman–Crippen LogP) is 4.11. The smallest absolute Gasteiger partial charge is 0.345 e. The number of unbranched alkanes of at least 4 members (excludes halogenated alkanes) is 1. The van der Waals surface area contributed by atoms with E-state index in [9.17, 15) is 20.0 Å². The Morgan fingerprint density at radius 3 is 2.71 bits per heavy atom. The van der Waals surface area contributed by atoms with Crippen molar-refractivity contribution in [1.82, 2.24) is 4.98 Å². The van der Waals surface area contributed by atoms with Crippen LogP contribution in [0.25, 0.3) is 0 Å². The number of anilines is 1. The number of nitrogens with zero attached hydrogens (tertiary/aromatic N) is 6. The van der Waals surface area contributed by atoms with Gasteiger partial charge in [-0.25, -0.2) is 4.98 Å². The van der Waals surface area contributed by atoms with Crippen LogP contribution in [-0.4, -0.2) is 35.3 Å². The number of hydrogen-bond acceptors (Lipinski definition) is 11. The quantitative estimate of drug-likeness (QED) is 0.204. The molecule has 31 heavy (non-hydrogen) atoms. The average molecular weight is 445 g/mol. The Morgan fingerprint density at radius 1 is 1.39 bits per heavy atom. The van der Waals surface area contributed by atoms with Gasteiger partial charge in [0.05, 0.1) is 23.1 Å². The molecule has 0 bridgehead atoms. The van der Waals surface area contributed by atoms with E-state index in [1.165, 1.54) is 0 Å². The normalized spacial score (nSPS) is 11.7. The molecule has 12 heteroatoms. The minimum atomic E-state index is -1.58. The molecule has 1 aromatic carbocycles. The third kappa shape index (κ3) is 7.63. The molecule has 1 aromatic heterocycles. The summed E-state index contributed by atoms with van der Waals surface area (Å²) in [5, 5.41) is 38.5. The molecule has 0 amide bonds. The second-order valence-electron chi connectivity index (χ2n) is 6.41. The van der Waals surface area contributed by atoms with Crippen molar-refractivity contribution >= 4 is 39.0 Å². The zero-order valence-corrected chi connectivity index (χ0v) is 17.7. The molecular formula is C19H21N6O5S-. The number of nitriles is 1. The van der Waals surface area contributed by atoms with Crippen molar-refractivity contribution in [2.45, 2.75) is 38.6 Å². The molecule has 1 heterocycles. The number of hydrogen-bond donors (Lipinski definition) is 0. The molecule has 0 aliphatic carbocycles. The van der Waals surface area contributed by atoms with Crippen LogP contribution in [0.2, 0.25) is 0 Å². The fourth-order valence-corrected chi connectivity index (χ4v) is 3.38. The molecule has 0 saturated carbocycles. The average Bonchev–Trinajstić information content (AvgIpc) is 3.24. The lowest BCUT2D eigenvalue weighted by molar-refractivity contribution is -0.380. The minimum Gasteiger partial charge on any atom is -0.547 e. The summed E-state index contributed by atoms with van der Waals surface area (Å²) in [6.07, 6.45) is 2.30. The van der Waals surface area contributed by atoms with Gasteiger partial charge in [-0.05, 0) is 42.0 Å². The molecule has 1 atom stereocenters. The van der Waals surface area contributed by atoms with Gasteiger partial charge in [0.1, 0.15) is 6.20 Å². The third-order valence-corrected chi connectivity index (χ3v) is 5.12. The molecule has 2 aromatic rings. The fourth-order valence-electron chi connectivity index (χ4n) is 2.82. The van der Waals surface area contributed by atoms with Gasteiger partial charge in [0.25, 0.3) is 6.16 Å². The van der Waals surface area contributed by atoms with Crippen LogP contribution in [0.4, 0.5) is 26.3 Å². The molecule has 0 aliphatic heterocycles. The number of benzene rings is 1. The van der Waals surface area contributed by atoms with Crippen molar-refractivity contribution in [3.05, 3.63) is 40.6 Å². The van der Waals surface area contributed by atoms with Gasteiger partial charge in [-0.15, -0.1) is 10.2 Å². The van der Waals surface area contributed by atoms with E-state index in [4.69, 9.17) is 10.00 Å². The van der Waals surface area contributed by atoms with Crippen LogP contribution in [0.5, 0.6) is 0 Å². The molecule has 0 aliphatic rings. The van der Waals surface area contributed by atoms with E-state index < -0.39 is 11.1 Å². The van der Waals surface area contributed by atoms with Crippen LogP contribution in [-0.2, 0) is 4.74 Å². The Labute approximate surface area is 182 Å². The maximum atomic E-state index is 10.8. The highest BCUT2D eigenvalue weighted by Gasteiger charge is 2.18. The number of carboxylic acid groups (broad SMARTS) is 1. The van der Waals surface area contributed by atoms with E-state index in [1.54, 1.807) is 24.3 Å². The number of nitro groups is 1. The van der Waals surface area contributed by atoms with Gasteiger partial charge in [-0.3, -0.25) is 10.1 Å². The molecule has 0 radical (unpaired) electrons. The van der Waals surface area contributed by atoms with Crippen LogP contribution >= 0.6 is 11.3 Å². The first-order chi connectivity index (χ1) is 14.9. The highest BCUT2D eigenvalue weighted by atomic mass is 32.1. The monoisotopic (exact) mass is 445 g/mol. The minimum absolute atomic E-state index is 0.0575. The number of rotatable bonds is 12. The highest BCUT2D eigenvalue weighted by Crippen LogP contribution is 2.29.